The van der Waals surface area contributed by atoms with Gasteiger partial charge in [0, 0.05) is 32.2 Å². The van der Waals surface area contributed by atoms with Crippen molar-refractivity contribution in [1.29, 1.82) is 0 Å². The van der Waals surface area contributed by atoms with Crippen LogP contribution in [0.2, 0.25) is 0 Å². The molecule has 20 heavy (non-hydrogen) atoms. The van der Waals surface area contributed by atoms with Crippen LogP contribution in [0.4, 0.5) is 4.79 Å². The lowest BCUT2D eigenvalue weighted by Crippen LogP contribution is -2.40. The number of aliphatic hydroxyl groups is 1. The van der Waals surface area contributed by atoms with E-state index < -0.39 is 5.60 Å². The average molecular weight is 288 g/mol. The Kier molecular flexibility index (Phi) is 7.52. The number of hydrogen-bond donors (Lipinski definition) is 2. The van der Waals surface area contributed by atoms with Gasteiger partial charge in [0.05, 0.1) is 0 Å². The molecule has 0 spiro atoms. The summed E-state index contributed by atoms with van der Waals surface area (Å²) in [5.74, 6) is 0.321. The van der Waals surface area contributed by atoms with Crippen LogP contribution in [0, 0.1) is 11.3 Å². The first-order valence-corrected chi connectivity index (χ1v) is 7.22. The molecule has 0 rings (SSSR count). The van der Waals surface area contributed by atoms with Gasteiger partial charge >= 0.3 is 6.09 Å². The number of nitrogens with one attached hydrogen (secondary N) is 1. The van der Waals surface area contributed by atoms with Gasteiger partial charge in [-0.1, -0.05) is 20.8 Å². The minimum absolute atomic E-state index is 0.114. The quantitative estimate of drug-likeness (QED) is 0.753. The fraction of sp³-hybridized carbons (Fsp3) is 0.933. The Morgan fingerprint density at radius 1 is 1.30 bits per heavy atom. The molecule has 0 fully saturated rings. The van der Waals surface area contributed by atoms with Crippen LogP contribution in [-0.2, 0) is 4.74 Å². The first-order chi connectivity index (χ1) is 8.97. The van der Waals surface area contributed by atoms with E-state index in [0.717, 1.165) is 13.1 Å². The van der Waals surface area contributed by atoms with Crippen molar-refractivity contribution < 1.29 is 14.6 Å². The van der Waals surface area contributed by atoms with Crippen molar-refractivity contribution in [2.45, 2.75) is 47.1 Å². The molecule has 0 saturated carbocycles. The molecule has 0 aromatic rings. The Bertz CT molecular complexity index is 298. The number of amides is 1. The Morgan fingerprint density at radius 2 is 1.85 bits per heavy atom. The predicted molar refractivity (Wildman–Crippen MR) is 81.8 cm³/mol. The van der Waals surface area contributed by atoms with Crippen LogP contribution in [-0.4, -0.2) is 55.0 Å². The van der Waals surface area contributed by atoms with Crippen molar-refractivity contribution in [2.75, 3.05) is 33.3 Å². The number of nitrogens with zero attached hydrogens (tertiary/aromatic N) is 1. The van der Waals surface area contributed by atoms with Crippen LogP contribution in [0.5, 0.6) is 0 Å². The van der Waals surface area contributed by atoms with E-state index in [2.05, 4.69) is 12.2 Å². The number of rotatable bonds is 7. The van der Waals surface area contributed by atoms with Gasteiger partial charge in [-0.2, -0.15) is 0 Å². The zero-order valence-corrected chi connectivity index (χ0v) is 14.1. The molecule has 0 aromatic carbocycles. The summed E-state index contributed by atoms with van der Waals surface area (Å²) in [4.78, 5) is 13.4. The van der Waals surface area contributed by atoms with Crippen LogP contribution in [0.1, 0.15) is 41.5 Å². The lowest BCUT2D eigenvalue weighted by molar-refractivity contribution is 0.0276. The molecule has 5 heteroatoms. The molecule has 0 aliphatic carbocycles. The monoisotopic (exact) mass is 288 g/mol. The Morgan fingerprint density at radius 3 is 2.30 bits per heavy atom. The molecular formula is C15H32N2O3. The normalized spacial score (nSPS) is 14.0. The van der Waals surface area contributed by atoms with Crippen molar-refractivity contribution in [2.24, 2.45) is 11.3 Å². The van der Waals surface area contributed by atoms with Gasteiger partial charge in [-0.3, -0.25) is 0 Å². The minimum atomic E-state index is -0.460. The number of carbonyl (C=O) groups is 1. The van der Waals surface area contributed by atoms with E-state index in [9.17, 15) is 9.90 Å². The van der Waals surface area contributed by atoms with Crippen molar-refractivity contribution in [1.82, 2.24) is 10.2 Å². The van der Waals surface area contributed by atoms with E-state index in [1.807, 2.05) is 34.6 Å². The molecule has 0 saturated heterocycles. The van der Waals surface area contributed by atoms with E-state index >= 15 is 0 Å². The molecule has 0 aliphatic rings. The molecule has 0 radical (unpaired) electrons. The zero-order chi connectivity index (χ0) is 16.0. The molecule has 0 bridgehead atoms. The van der Waals surface area contributed by atoms with E-state index in [-0.39, 0.29) is 18.1 Å². The van der Waals surface area contributed by atoms with Crippen molar-refractivity contribution in [3.63, 3.8) is 0 Å². The van der Waals surface area contributed by atoms with Gasteiger partial charge in [0.1, 0.15) is 5.60 Å². The second-order valence-electron chi connectivity index (χ2n) is 7.42. The maximum atomic E-state index is 11.8. The van der Waals surface area contributed by atoms with Gasteiger partial charge in [-0.25, -0.2) is 4.79 Å². The second-order valence-corrected chi connectivity index (χ2v) is 7.42. The van der Waals surface area contributed by atoms with Crippen molar-refractivity contribution in [3.05, 3.63) is 0 Å². The predicted octanol–water partition coefficient (Wildman–Crippen LogP) is 2.10. The maximum Gasteiger partial charge on any atom is 0.410 e. The molecule has 1 atom stereocenters. The number of hydrogen-bond acceptors (Lipinski definition) is 4. The SMILES string of the molecule is CC(CNCC(C)(C)CO)CN(C)C(=O)OC(C)(C)C. The van der Waals surface area contributed by atoms with Gasteiger partial charge in [0.15, 0.2) is 0 Å². The van der Waals surface area contributed by atoms with Gasteiger partial charge in [-0.05, 0) is 33.2 Å². The highest BCUT2D eigenvalue weighted by atomic mass is 16.6. The average Bonchev–Trinajstić information content (AvgIpc) is 2.26. The van der Waals surface area contributed by atoms with Crippen LogP contribution in [0.15, 0.2) is 0 Å². The fourth-order valence-corrected chi connectivity index (χ4v) is 1.66. The minimum Gasteiger partial charge on any atom is -0.444 e. The first kappa shape index (κ1) is 19.2. The number of aliphatic hydroxyl groups excluding tert-OH is 1. The summed E-state index contributed by atoms with van der Waals surface area (Å²) in [6.07, 6.45) is -0.292. The van der Waals surface area contributed by atoms with Gasteiger partial charge in [0.25, 0.3) is 0 Å². The smallest absolute Gasteiger partial charge is 0.410 e. The molecule has 5 nitrogen and oxygen atoms in total. The third-order valence-corrected chi connectivity index (χ3v) is 2.82. The van der Waals surface area contributed by atoms with E-state index in [1.54, 1.807) is 11.9 Å². The lowest BCUT2D eigenvalue weighted by atomic mass is 9.95. The number of ether oxygens (including phenoxy) is 1. The van der Waals surface area contributed by atoms with Gasteiger partial charge < -0.3 is 20.1 Å². The summed E-state index contributed by atoms with van der Waals surface area (Å²) in [5, 5.41) is 12.5. The zero-order valence-electron chi connectivity index (χ0n) is 14.1. The summed E-state index contributed by atoms with van der Waals surface area (Å²) in [7, 11) is 1.75. The van der Waals surface area contributed by atoms with Crippen molar-refractivity contribution in [3.8, 4) is 0 Å². The Balaban J connectivity index is 4.02. The van der Waals surface area contributed by atoms with E-state index in [4.69, 9.17) is 4.74 Å². The molecule has 1 amide bonds. The van der Waals surface area contributed by atoms with E-state index in [0.29, 0.717) is 12.5 Å². The van der Waals surface area contributed by atoms with Gasteiger partial charge in [-0.15, -0.1) is 0 Å². The fourth-order valence-electron chi connectivity index (χ4n) is 1.66. The molecule has 2 N–H and O–H groups in total. The third-order valence-electron chi connectivity index (χ3n) is 2.82. The number of carbonyl (C=O) groups excluding carboxylic acids is 1. The molecule has 0 aliphatic heterocycles. The highest BCUT2D eigenvalue weighted by Gasteiger charge is 2.21. The Hall–Kier alpha value is -0.810. The molecular weight excluding hydrogens is 256 g/mol. The highest BCUT2D eigenvalue weighted by molar-refractivity contribution is 5.67. The summed E-state index contributed by atoms with van der Waals surface area (Å²) in [6.45, 7) is 14.0. The lowest BCUT2D eigenvalue weighted by Gasteiger charge is -2.27. The molecule has 0 heterocycles. The summed E-state index contributed by atoms with van der Waals surface area (Å²) < 4.78 is 5.31. The second kappa shape index (κ2) is 7.84. The highest BCUT2D eigenvalue weighted by Crippen LogP contribution is 2.12. The Labute approximate surface area is 123 Å². The van der Waals surface area contributed by atoms with Crippen LogP contribution >= 0.6 is 0 Å². The van der Waals surface area contributed by atoms with Gasteiger partial charge in [0.2, 0.25) is 0 Å². The van der Waals surface area contributed by atoms with E-state index in [1.165, 1.54) is 0 Å². The van der Waals surface area contributed by atoms with Crippen LogP contribution in [0.3, 0.4) is 0 Å². The largest absolute Gasteiger partial charge is 0.444 e. The summed E-state index contributed by atoms with van der Waals surface area (Å²) >= 11 is 0. The van der Waals surface area contributed by atoms with Crippen LogP contribution < -0.4 is 5.32 Å². The maximum absolute atomic E-state index is 11.8. The summed E-state index contributed by atoms with van der Waals surface area (Å²) in [6, 6.07) is 0. The molecule has 0 aromatic heterocycles. The summed E-state index contributed by atoms with van der Waals surface area (Å²) in [5.41, 5.74) is -0.575. The van der Waals surface area contributed by atoms with Crippen molar-refractivity contribution >= 4 is 6.09 Å². The topological polar surface area (TPSA) is 61.8 Å². The standard InChI is InChI=1S/C15H32N2O3/c1-12(8-16-10-15(5,6)11-18)9-17(7)13(19)20-14(2,3)4/h12,16,18H,8-11H2,1-7H3. The molecule has 1 unspecified atom stereocenters. The molecule has 120 valence electrons. The third kappa shape index (κ3) is 9.15. The first-order valence-electron chi connectivity index (χ1n) is 7.22. The van der Waals surface area contributed by atoms with Crippen LogP contribution in [0.25, 0.3) is 0 Å².